The first-order valence-corrected chi connectivity index (χ1v) is 5.87. The fourth-order valence-electron chi connectivity index (χ4n) is 1.62. The van der Waals surface area contributed by atoms with Crippen molar-refractivity contribution in [1.29, 1.82) is 0 Å². The van der Waals surface area contributed by atoms with Crippen molar-refractivity contribution in [2.45, 2.75) is 6.92 Å². The summed E-state index contributed by atoms with van der Waals surface area (Å²) in [6.07, 6.45) is 0. The molecule has 0 aliphatic rings. The Bertz CT molecular complexity index is 515. The lowest BCUT2D eigenvalue weighted by atomic mass is 10.0. The monoisotopic (exact) mass is 330 g/mol. The number of halogens is 3. The summed E-state index contributed by atoms with van der Waals surface area (Å²) >= 11 is 2.16. The van der Waals surface area contributed by atoms with Gasteiger partial charge in [0.1, 0.15) is 0 Å². The van der Waals surface area contributed by atoms with Crippen LogP contribution in [0.1, 0.15) is 5.56 Å². The number of rotatable bonds is 1. The molecular formula is C13H9F2I. The molecule has 0 aliphatic heterocycles. The normalized spacial score (nSPS) is 10.5. The van der Waals surface area contributed by atoms with Gasteiger partial charge in [-0.1, -0.05) is 18.2 Å². The highest BCUT2D eigenvalue weighted by Crippen LogP contribution is 2.26. The third-order valence-corrected chi connectivity index (χ3v) is 2.93. The predicted octanol–water partition coefficient (Wildman–Crippen LogP) is 4.54. The Morgan fingerprint density at radius 2 is 1.81 bits per heavy atom. The summed E-state index contributed by atoms with van der Waals surface area (Å²) in [7, 11) is 0. The van der Waals surface area contributed by atoms with Crippen molar-refractivity contribution in [3.63, 3.8) is 0 Å². The molecule has 2 aromatic carbocycles. The van der Waals surface area contributed by atoms with E-state index in [0.29, 0.717) is 11.1 Å². The summed E-state index contributed by atoms with van der Waals surface area (Å²) in [6, 6.07) is 9.90. The lowest BCUT2D eigenvalue weighted by Crippen LogP contribution is -1.90. The Labute approximate surface area is 106 Å². The average molecular weight is 330 g/mol. The highest BCUT2D eigenvalue weighted by Gasteiger charge is 2.10. The topological polar surface area (TPSA) is 0 Å². The van der Waals surface area contributed by atoms with Crippen LogP contribution in [0.3, 0.4) is 0 Å². The Hall–Kier alpha value is -0.970. The van der Waals surface area contributed by atoms with Gasteiger partial charge in [-0.25, -0.2) is 8.78 Å². The van der Waals surface area contributed by atoms with Crippen LogP contribution >= 0.6 is 22.6 Å². The Morgan fingerprint density at radius 3 is 2.50 bits per heavy atom. The maximum Gasteiger partial charge on any atom is 0.166 e. The molecule has 0 aliphatic carbocycles. The molecule has 0 saturated carbocycles. The first-order chi connectivity index (χ1) is 7.58. The molecule has 0 bridgehead atoms. The largest absolute Gasteiger partial charge is 0.204 e. The maximum absolute atomic E-state index is 13.6. The molecule has 0 nitrogen and oxygen atoms in total. The van der Waals surface area contributed by atoms with Crippen molar-refractivity contribution in [3.8, 4) is 11.1 Å². The lowest BCUT2D eigenvalue weighted by molar-refractivity contribution is 0.511. The molecule has 0 N–H and O–H groups in total. The van der Waals surface area contributed by atoms with Crippen LogP contribution in [-0.2, 0) is 0 Å². The summed E-state index contributed by atoms with van der Waals surface area (Å²) in [5.74, 6) is -1.60. The lowest BCUT2D eigenvalue weighted by Gasteiger charge is -2.06. The zero-order valence-corrected chi connectivity index (χ0v) is 10.8. The molecule has 0 heterocycles. The summed E-state index contributed by atoms with van der Waals surface area (Å²) in [6.45, 7) is 1.93. The van der Waals surface area contributed by atoms with E-state index >= 15 is 0 Å². The van der Waals surface area contributed by atoms with Crippen LogP contribution in [0.25, 0.3) is 11.1 Å². The average Bonchev–Trinajstić information content (AvgIpc) is 2.20. The van der Waals surface area contributed by atoms with Gasteiger partial charge in [0.15, 0.2) is 11.6 Å². The fraction of sp³-hybridized carbons (Fsp3) is 0.0769. The number of benzene rings is 2. The van der Waals surface area contributed by atoms with Crippen molar-refractivity contribution in [2.24, 2.45) is 0 Å². The minimum Gasteiger partial charge on any atom is -0.204 e. The SMILES string of the molecule is Cc1cc(I)cc(-c2cccc(F)c2F)c1. The minimum absolute atomic E-state index is 0.307. The van der Waals surface area contributed by atoms with E-state index in [0.717, 1.165) is 15.2 Å². The Balaban J connectivity index is 2.63. The van der Waals surface area contributed by atoms with Crippen molar-refractivity contribution < 1.29 is 8.78 Å². The molecular weight excluding hydrogens is 321 g/mol. The van der Waals surface area contributed by atoms with E-state index in [1.54, 1.807) is 6.07 Å². The standard InChI is InChI=1S/C13H9F2I/c1-8-5-9(7-10(16)6-8)11-3-2-4-12(14)13(11)15/h2-7H,1H3. The number of aryl methyl sites for hydroxylation is 1. The first-order valence-electron chi connectivity index (χ1n) is 4.79. The molecule has 82 valence electrons. The molecule has 0 aromatic heterocycles. The summed E-state index contributed by atoms with van der Waals surface area (Å²) in [4.78, 5) is 0. The summed E-state index contributed by atoms with van der Waals surface area (Å²) in [5, 5.41) is 0. The summed E-state index contributed by atoms with van der Waals surface area (Å²) in [5.41, 5.74) is 2.05. The van der Waals surface area contributed by atoms with E-state index < -0.39 is 11.6 Å². The molecule has 0 saturated heterocycles. The van der Waals surface area contributed by atoms with Crippen molar-refractivity contribution in [3.05, 3.63) is 57.2 Å². The molecule has 0 radical (unpaired) electrons. The van der Waals surface area contributed by atoms with E-state index in [-0.39, 0.29) is 0 Å². The van der Waals surface area contributed by atoms with Crippen LogP contribution in [0.2, 0.25) is 0 Å². The third-order valence-electron chi connectivity index (χ3n) is 2.30. The van der Waals surface area contributed by atoms with Crippen LogP contribution in [0, 0.1) is 22.1 Å². The number of hydrogen-bond donors (Lipinski definition) is 0. The molecule has 0 fully saturated rings. The van der Waals surface area contributed by atoms with Crippen LogP contribution in [0.5, 0.6) is 0 Å². The van der Waals surface area contributed by atoms with Gasteiger partial charge in [-0.3, -0.25) is 0 Å². The fourth-order valence-corrected chi connectivity index (χ4v) is 2.45. The van der Waals surface area contributed by atoms with Gasteiger partial charge in [-0.15, -0.1) is 0 Å². The molecule has 0 spiro atoms. The minimum atomic E-state index is -0.811. The van der Waals surface area contributed by atoms with E-state index in [9.17, 15) is 8.78 Å². The highest BCUT2D eigenvalue weighted by molar-refractivity contribution is 14.1. The van der Waals surface area contributed by atoms with Crippen LogP contribution in [-0.4, -0.2) is 0 Å². The van der Waals surface area contributed by atoms with Gasteiger partial charge in [0, 0.05) is 9.13 Å². The smallest absolute Gasteiger partial charge is 0.166 e. The van der Waals surface area contributed by atoms with Gasteiger partial charge in [0.2, 0.25) is 0 Å². The second kappa shape index (κ2) is 4.49. The molecule has 0 amide bonds. The highest BCUT2D eigenvalue weighted by atomic mass is 127. The van der Waals surface area contributed by atoms with Gasteiger partial charge in [0.25, 0.3) is 0 Å². The van der Waals surface area contributed by atoms with Crippen molar-refractivity contribution in [1.82, 2.24) is 0 Å². The van der Waals surface area contributed by atoms with Crippen molar-refractivity contribution in [2.75, 3.05) is 0 Å². The second-order valence-electron chi connectivity index (χ2n) is 3.62. The molecule has 0 unspecified atom stereocenters. The zero-order valence-electron chi connectivity index (χ0n) is 8.60. The molecule has 0 atom stereocenters. The first kappa shape index (κ1) is 11.5. The van der Waals surface area contributed by atoms with E-state index in [4.69, 9.17) is 0 Å². The van der Waals surface area contributed by atoms with E-state index in [1.165, 1.54) is 6.07 Å². The molecule has 16 heavy (non-hydrogen) atoms. The van der Waals surface area contributed by atoms with Gasteiger partial charge < -0.3 is 0 Å². The van der Waals surface area contributed by atoms with E-state index in [1.807, 2.05) is 25.1 Å². The quantitative estimate of drug-likeness (QED) is 0.673. The van der Waals surface area contributed by atoms with Crippen LogP contribution in [0.15, 0.2) is 36.4 Å². The number of hydrogen-bond acceptors (Lipinski definition) is 0. The maximum atomic E-state index is 13.6. The molecule has 3 heteroatoms. The van der Waals surface area contributed by atoms with Crippen LogP contribution < -0.4 is 0 Å². The second-order valence-corrected chi connectivity index (χ2v) is 4.86. The van der Waals surface area contributed by atoms with E-state index in [2.05, 4.69) is 22.6 Å². The third kappa shape index (κ3) is 2.24. The predicted molar refractivity (Wildman–Crippen MR) is 69.2 cm³/mol. The molecule has 2 aromatic rings. The molecule has 2 rings (SSSR count). The van der Waals surface area contributed by atoms with Gasteiger partial charge >= 0.3 is 0 Å². The van der Waals surface area contributed by atoms with Gasteiger partial charge in [0.05, 0.1) is 0 Å². The van der Waals surface area contributed by atoms with Gasteiger partial charge in [-0.2, -0.15) is 0 Å². The zero-order chi connectivity index (χ0) is 11.7. The van der Waals surface area contributed by atoms with Gasteiger partial charge in [-0.05, 0) is 58.8 Å². The Kier molecular flexibility index (Phi) is 3.23. The van der Waals surface area contributed by atoms with Crippen LogP contribution in [0.4, 0.5) is 8.78 Å². The Morgan fingerprint density at radius 1 is 1.06 bits per heavy atom. The van der Waals surface area contributed by atoms with Crippen molar-refractivity contribution >= 4 is 22.6 Å². The summed E-state index contributed by atoms with van der Waals surface area (Å²) < 4.78 is 27.7.